The van der Waals surface area contributed by atoms with Gasteiger partial charge in [-0.05, 0) is 43.5 Å². The zero-order valence-corrected chi connectivity index (χ0v) is 10.7. The van der Waals surface area contributed by atoms with Gasteiger partial charge in [-0.2, -0.15) is 0 Å². The number of aryl methyl sites for hydroxylation is 1. The molecule has 1 aliphatic heterocycles. The van der Waals surface area contributed by atoms with Crippen LogP contribution in [-0.2, 0) is 4.74 Å². The van der Waals surface area contributed by atoms with Gasteiger partial charge in [-0.25, -0.2) is 4.39 Å². The van der Waals surface area contributed by atoms with Crippen molar-refractivity contribution in [3.8, 4) is 5.75 Å². The third-order valence-corrected chi connectivity index (χ3v) is 3.07. The zero-order valence-electron chi connectivity index (χ0n) is 10.7. The van der Waals surface area contributed by atoms with Crippen molar-refractivity contribution in [3.05, 3.63) is 29.6 Å². The minimum atomic E-state index is -0.196. The molecule has 2 rings (SSSR count). The molecule has 1 fully saturated rings. The molecule has 0 aromatic heterocycles. The first kappa shape index (κ1) is 13.3. The number of rotatable bonds is 6. The van der Waals surface area contributed by atoms with Gasteiger partial charge in [-0.15, -0.1) is 0 Å². The zero-order chi connectivity index (χ0) is 12.8. The normalized spacial score (nSPS) is 19.1. The predicted molar refractivity (Wildman–Crippen MR) is 68.5 cm³/mol. The summed E-state index contributed by atoms with van der Waals surface area (Å²) in [6, 6.07) is 4.81. The van der Waals surface area contributed by atoms with Crippen LogP contribution < -0.4 is 10.1 Å². The summed E-state index contributed by atoms with van der Waals surface area (Å²) in [5, 5.41) is 3.30. The molecule has 100 valence electrons. The Morgan fingerprint density at radius 3 is 3.11 bits per heavy atom. The van der Waals surface area contributed by atoms with Crippen LogP contribution in [0.3, 0.4) is 0 Å². The van der Waals surface area contributed by atoms with E-state index in [2.05, 4.69) is 5.32 Å². The maximum atomic E-state index is 13.0. The average Bonchev–Trinajstić information content (AvgIpc) is 2.86. The van der Waals surface area contributed by atoms with E-state index >= 15 is 0 Å². The van der Waals surface area contributed by atoms with Crippen molar-refractivity contribution in [2.45, 2.75) is 25.9 Å². The van der Waals surface area contributed by atoms with Crippen molar-refractivity contribution in [1.29, 1.82) is 0 Å². The minimum absolute atomic E-state index is 0.196. The van der Waals surface area contributed by atoms with Gasteiger partial charge in [0.05, 0.1) is 6.10 Å². The van der Waals surface area contributed by atoms with E-state index in [1.807, 2.05) is 0 Å². The second kappa shape index (κ2) is 6.71. The topological polar surface area (TPSA) is 30.5 Å². The molecule has 1 unspecified atom stereocenters. The van der Waals surface area contributed by atoms with Gasteiger partial charge in [0, 0.05) is 19.7 Å². The van der Waals surface area contributed by atoms with E-state index in [0.29, 0.717) is 24.0 Å². The fourth-order valence-electron chi connectivity index (χ4n) is 2.02. The molecule has 0 saturated carbocycles. The van der Waals surface area contributed by atoms with E-state index in [-0.39, 0.29) is 5.82 Å². The highest BCUT2D eigenvalue weighted by atomic mass is 19.1. The van der Waals surface area contributed by atoms with E-state index in [9.17, 15) is 4.39 Å². The molecule has 1 aromatic carbocycles. The molecule has 1 heterocycles. The van der Waals surface area contributed by atoms with E-state index < -0.39 is 0 Å². The average molecular weight is 253 g/mol. The molecule has 0 spiro atoms. The van der Waals surface area contributed by atoms with E-state index in [0.717, 1.165) is 32.5 Å². The lowest BCUT2D eigenvalue weighted by molar-refractivity contribution is 0.109. The Balaban J connectivity index is 1.61. The van der Waals surface area contributed by atoms with Gasteiger partial charge in [0.2, 0.25) is 0 Å². The van der Waals surface area contributed by atoms with Crippen LogP contribution >= 0.6 is 0 Å². The summed E-state index contributed by atoms with van der Waals surface area (Å²) in [6.45, 7) is 4.86. The largest absolute Gasteiger partial charge is 0.492 e. The molecule has 0 amide bonds. The van der Waals surface area contributed by atoms with Gasteiger partial charge in [0.25, 0.3) is 0 Å². The Kier molecular flexibility index (Phi) is 4.96. The summed E-state index contributed by atoms with van der Waals surface area (Å²) < 4.78 is 24.1. The molecule has 1 atom stereocenters. The van der Waals surface area contributed by atoms with Crippen molar-refractivity contribution in [1.82, 2.24) is 5.32 Å². The smallest absolute Gasteiger partial charge is 0.126 e. The van der Waals surface area contributed by atoms with Crippen LogP contribution in [-0.4, -0.2) is 32.4 Å². The summed E-state index contributed by atoms with van der Waals surface area (Å²) in [5.74, 6) is 0.520. The molecule has 0 bridgehead atoms. The lowest BCUT2D eigenvalue weighted by Gasteiger charge is -2.11. The Bertz CT molecular complexity index is 378. The summed E-state index contributed by atoms with van der Waals surface area (Å²) in [7, 11) is 0. The molecule has 1 aliphatic rings. The minimum Gasteiger partial charge on any atom is -0.492 e. The fraction of sp³-hybridized carbons (Fsp3) is 0.571. The third-order valence-electron chi connectivity index (χ3n) is 3.07. The maximum Gasteiger partial charge on any atom is 0.126 e. The molecule has 0 aliphatic carbocycles. The Morgan fingerprint density at radius 1 is 1.50 bits per heavy atom. The number of halogens is 1. The van der Waals surface area contributed by atoms with Crippen LogP contribution in [0, 0.1) is 12.7 Å². The monoisotopic (exact) mass is 253 g/mol. The van der Waals surface area contributed by atoms with Crippen LogP contribution in [0.25, 0.3) is 0 Å². The van der Waals surface area contributed by atoms with E-state index in [4.69, 9.17) is 9.47 Å². The van der Waals surface area contributed by atoms with Crippen LogP contribution in [0.15, 0.2) is 18.2 Å². The first-order valence-electron chi connectivity index (χ1n) is 6.47. The van der Waals surface area contributed by atoms with E-state index in [1.54, 1.807) is 19.1 Å². The van der Waals surface area contributed by atoms with Crippen molar-refractivity contribution < 1.29 is 13.9 Å². The predicted octanol–water partition coefficient (Wildman–Crippen LogP) is 2.28. The third kappa shape index (κ3) is 3.96. The van der Waals surface area contributed by atoms with Crippen LogP contribution in [0.1, 0.15) is 18.4 Å². The summed E-state index contributed by atoms with van der Waals surface area (Å²) in [5.41, 5.74) is 0.611. The molecule has 18 heavy (non-hydrogen) atoms. The van der Waals surface area contributed by atoms with Crippen molar-refractivity contribution in [2.75, 3.05) is 26.3 Å². The summed E-state index contributed by atoms with van der Waals surface area (Å²) in [6.07, 6.45) is 2.67. The van der Waals surface area contributed by atoms with Crippen LogP contribution in [0.4, 0.5) is 4.39 Å². The molecular formula is C14H20FNO2. The Morgan fingerprint density at radius 2 is 2.39 bits per heavy atom. The second-order valence-electron chi connectivity index (χ2n) is 4.60. The Hall–Kier alpha value is -1.13. The van der Waals surface area contributed by atoms with Crippen LogP contribution in [0.5, 0.6) is 5.75 Å². The second-order valence-corrected chi connectivity index (χ2v) is 4.60. The van der Waals surface area contributed by atoms with E-state index in [1.165, 1.54) is 6.07 Å². The first-order valence-corrected chi connectivity index (χ1v) is 6.47. The molecule has 3 nitrogen and oxygen atoms in total. The molecule has 0 radical (unpaired) electrons. The molecule has 1 saturated heterocycles. The van der Waals surface area contributed by atoms with Gasteiger partial charge >= 0.3 is 0 Å². The molecule has 1 N–H and O–H groups in total. The number of benzene rings is 1. The first-order chi connectivity index (χ1) is 8.75. The Labute approximate surface area is 107 Å². The van der Waals surface area contributed by atoms with Gasteiger partial charge in [0.15, 0.2) is 0 Å². The molecular weight excluding hydrogens is 233 g/mol. The van der Waals surface area contributed by atoms with Gasteiger partial charge in [0.1, 0.15) is 18.2 Å². The molecule has 4 heteroatoms. The highest BCUT2D eigenvalue weighted by Crippen LogP contribution is 2.15. The fourth-order valence-corrected chi connectivity index (χ4v) is 2.02. The number of hydrogen-bond acceptors (Lipinski definition) is 3. The van der Waals surface area contributed by atoms with Crippen molar-refractivity contribution in [2.24, 2.45) is 0 Å². The van der Waals surface area contributed by atoms with Crippen LogP contribution in [0.2, 0.25) is 0 Å². The SMILES string of the molecule is Cc1cc(OCCNCC2CCCO2)ccc1F. The van der Waals surface area contributed by atoms with Crippen molar-refractivity contribution >= 4 is 0 Å². The number of hydrogen-bond donors (Lipinski definition) is 1. The lowest BCUT2D eigenvalue weighted by Crippen LogP contribution is -2.29. The number of nitrogens with one attached hydrogen (secondary N) is 1. The molecule has 1 aromatic rings. The summed E-state index contributed by atoms with van der Waals surface area (Å²) in [4.78, 5) is 0. The maximum absolute atomic E-state index is 13.0. The summed E-state index contributed by atoms with van der Waals surface area (Å²) >= 11 is 0. The van der Waals surface area contributed by atoms with Crippen molar-refractivity contribution in [3.63, 3.8) is 0 Å². The lowest BCUT2D eigenvalue weighted by atomic mass is 10.2. The highest BCUT2D eigenvalue weighted by molar-refractivity contribution is 5.28. The van der Waals surface area contributed by atoms with Gasteiger partial charge in [-0.3, -0.25) is 0 Å². The standard InChI is InChI=1S/C14H20FNO2/c1-11-9-12(4-5-14(11)15)18-8-6-16-10-13-3-2-7-17-13/h4-5,9,13,16H,2-3,6-8,10H2,1H3. The number of ether oxygens (including phenoxy) is 2. The van der Waals surface area contributed by atoms with Gasteiger partial charge < -0.3 is 14.8 Å². The quantitative estimate of drug-likeness (QED) is 0.789. The van der Waals surface area contributed by atoms with Gasteiger partial charge in [-0.1, -0.05) is 0 Å². The highest BCUT2D eigenvalue weighted by Gasteiger charge is 2.14.